The molecule has 118 valence electrons. The van der Waals surface area contributed by atoms with Crippen LogP contribution >= 0.6 is 0 Å². The van der Waals surface area contributed by atoms with Gasteiger partial charge in [0, 0.05) is 19.0 Å². The Hall–Kier alpha value is -1.88. The number of fused-ring (bicyclic) bond motifs is 1. The first-order chi connectivity index (χ1) is 10.7. The first-order valence-electron chi connectivity index (χ1n) is 8.05. The van der Waals surface area contributed by atoms with Gasteiger partial charge in [0.05, 0.1) is 18.2 Å². The van der Waals surface area contributed by atoms with Crippen LogP contribution in [0.2, 0.25) is 0 Å². The zero-order valence-electron chi connectivity index (χ0n) is 13.1. The standard InChI is InChI=1S/C17H23N3O2/c1-19-17(21)16-12-15(7-6-14(16)13-18-19)22-11-5-10-20-8-3-2-4-9-20/h6-7,12-13H,2-5,8-11H2,1H3. The number of aryl methyl sites for hydroxylation is 1. The highest BCUT2D eigenvalue weighted by molar-refractivity contribution is 5.82. The number of hydrogen-bond acceptors (Lipinski definition) is 4. The van der Waals surface area contributed by atoms with E-state index in [9.17, 15) is 4.79 Å². The minimum absolute atomic E-state index is 0.0868. The van der Waals surface area contributed by atoms with Crippen LogP contribution in [0.25, 0.3) is 10.8 Å². The fourth-order valence-electron chi connectivity index (χ4n) is 2.96. The van der Waals surface area contributed by atoms with Gasteiger partial charge in [0.2, 0.25) is 0 Å². The fourth-order valence-corrected chi connectivity index (χ4v) is 2.96. The molecule has 5 heteroatoms. The van der Waals surface area contributed by atoms with Crippen molar-refractivity contribution < 1.29 is 4.74 Å². The van der Waals surface area contributed by atoms with Crippen LogP contribution in [0.1, 0.15) is 25.7 Å². The van der Waals surface area contributed by atoms with E-state index in [1.165, 1.54) is 37.0 Å². The third-order valence-electron chi connectivity index (χ3n) is 4.26. The van der Waals surface area contributed by atoms with E-state index in [1.54, 1.807) is 13.2 Å². The lowest BCUT2D eigenvalue weighted by molar-refractivity contribution is 0.205. The Kier molecular flexibility index (Phi) is 4.73. The van der Waals surface area contributed by atoms with Crippen molar-refractivity contribution in [2.24, 2.45) is 7.05 Å². The maximum atomic E-state index is 12.1. The molecule has 0 radical (unpaired) electrons. The molecule has 1 aromatic heterocycles. The molecule has 0 N–H and O–H groups in total. The summed E-state index contributed by atoms with van der Waals surface area (Å²) < 4.78 is 7.15. The highest BCUT2D eigenvalue weighted by Crippen LogP contribution is 2.17. The maximum absolute atomic E-state index is 12.1. The average molecular weight is 301 g/mol. The summed E-state index contributed by atoms with van der Waals surface area (Å²) in [6, 6.07) is 5.62. The van der Waals surface area contributed by atoms with Crippen molar-refractivity contribution in [3.63, 3.8) is 0 Å². The normalized spacial score (nSPS) is 16.0. The van der Waals surface area contributed by atoms with E-state index in [4.69, 9.17) is 4.74 Å². The van der Waals surface area contributed by atoms with Crippen LogP contribution in [0.15, 0.2) is 29.2 Å². The van der Waals surface area contributed by atoms with E-state index >= 15 is 0 Å². The predicted molar refractivity (Wildman–Crippen MR) is 87.4 cm³/mol. The van der Waals surface area contributed by atoms with Crippen LogP contribution in [0.3, 0.4) is 0 Å². The molecule has 0 aliphatic carbocycles. The number of rotatable bonds is 5. The molecule has 5 nitrogen and oxygen atoms in total. The lowest BCUT2D eigenvalue weighted by Crippen LogP contribution is -2.31. The maximum Gasteiger partial charge on any atom is 0.274 e. The van der Waals surface area contributed by atoms with Crippen LogP contribution in [0.5, 0.6) is 5.75 Å². The third-order valence-corrected chi connectivity index (χ3v) is 4.26. The highest BCUT2D eigenvalue weighted by Gasteiger charge is 2.09. The number of benzene rings is 1. The van der Waals surface area contributed by atoms with Gasteiger partial charge >= 0.3 is 0 Å². The lowest BCUT2D eigenvalue weighted by Gasteiger charge is -2.26. The first-order valence-corrected chi connectivity index (χ1v) is 8.05. The fraction of sp³-hybridized carbons (Fsp3) is 0.529. The largest absolute Gasteiger partial charge is 0.494 e. The Morgan fingerprint density at radius 1 is 1.23 bits per heavy atom. The Morgan fingerprint density at radius 3 is 2.86 bits per heavy atom. The summed E-state index contributed by atoms with van der Waals surface area (Å²) in [6.45, 7) is 4.23. The van der Waals surface area contributed by atoms with Gasteiger partial charge in [-0.3, -0.25) is 4.79 Å². The Balaban J connectivity index is 1.57. The summed E-state index contributed by atoms with van der Waals surface area (Å²) >= 11 is 0. The zero-order chi connectivity index (χ0) is 15.4. The summed E-state index contributed by atoms with van der Waals surface area (Å²) in [5.74, 6) is 0.759. The van der Waals surface area contributed by atoms with E-state index in [0.717, 1.165) is 24.1 Å². The van der Waals surface area contributed by atoms with Crippen molar-refractivity contribution in [1.29, 1.82) is 0 Å². The molecule has 0 saturated carbocycles. The third kappa shape index (κ3) is 3.47. The molecule has 2 heterocycles. The summed E-state index contributed by atoms with van der Waals surface area (Å²) in [5, 5.41) is 5.53. The molecule has 3 rings (SSSR count). The van der Waals surface area contributed by atoms with Crippen molar-refractivity contribution >= 4 is 10.8 Å². The molecule has 1 aromatic carbocycles. The second-order valence-corrected chi connectivity index (χ2v) is 5.93. The Bertz CT molecular complexity index is 690. The molecule has 0 amide bonds. The number of ether oxygens (including phenoxy) is 1. The minimum atomic E-state index is -0.0868. The molecule has 0 bridgehead atoms. The van der Waals surface area contributed by atoms with E-state index in [2.05, 4.69) is 10.00 Å². The van der Waals surface area contributed by atoms with E-state index < -0.39 is 0 Å². The summed E-state index contributed by atoms with van der Waals surface area (Å²) in [7, 11) is 1.66. The van der Waals surface area contributed by atoms with Gasteiger partial charge in [-0.1, -0.05) is 6.42 Å². The van der Waals surface area contributed by atoms with E-state index in [1.807, 2.05) is 18.2 Å². The van der Waals surface area contributed by atoms with E-state index in [0.29, 0.717) is 12.0 Å². The second kappa shape index (κ2) is 6.92. The number of nitrogens with zero attached hydrogens (tertiary/aromatic N) is 3. The summed E-state index contributed by atoms with van der Waals surface area (Å²) in [4.78, 5) is 14.6. The highest BCUT2D eigenvalue weighted by atomic mass is 16.5. The van der Waals surface area contributed by atoms with Crippen molar-refractivity contribution in [1.82, 2.24) is 14.7 Å². The van der Waals surface area contributed by atoms with Crippen LogP contribution in [-0.2, 0) is 7.05 Å². The molecular formula is C17H23N3O2. The zero-order valence-corrected chi connectivity index (χ0v) is 13.1. The van der Waals surface area contributed by atoms with Gasteiger partial charge < -0.3 is 9.64 Å². The van der Waals surface area contributed by atoms with Gasteiger partial charge in [-0.15, -0.1) is 0 Å². The molecule has 1 fully saturated rings. The van der Waals surface area contributed by atoms with Crippen LogP contribution in [0.4, 0.5) is 0 Å². The van der Waals surface area contributed by atoms with Crippen LogP contribution < -0.4 is 10.3 Å². The Labute approximate surface area is 130 Å². The smallest absolute Gasteiger partial charge is 0.274 e. The molecule has 1 saturated heterocycles. The Morgan fingerprint density at radius 2 is 2.05 bits per heavy atom. The second-order valence-electron chi connectivity index (χ2n) is 5.93. The molecular weight excluding hydrogens is 278 g/mol. The van der Waals surface area contributed by atoms with Crippen molar-refractivity contribution in [3.05, 3.63) is 34.7 Å². The summed E-state index contributed by atoms with van der Waals surface area (Å²) in [5.41, 5.74) is -0.0868. The lowest BCUT2D eigenvalue weighted by atomic mass is 10.1. The number of likely N-dealkylation sites (tertiary alicyclic amines) is 1. The minimum Gasteiger partial charge on any atom is -0.494 e. The van der Waals surface area contributed by atoms with Gasteiger partial charge in [0.15, 0.2) is 0 Å². The van der Waals surface area contributed by atoms with E-state index in [-0.39, 0.29) is 5.56 Å². The molecule has 22 heavy (non-hydrogen) atoms. The summed E-state index contributed by atoms with van der Waals surface area (Å²) in [6.07, 6.45) is 6.74. The van der Waals surface area contributed by atoms with Gasteiger partial charge in [0.1, 0.15) is 5.75 Å². The van der Waals surface area contributed by atoms with Gasteiger partial charge in [-0.05, 0) is 50.6 Å². The molecule has 2 aromatic rings. The number of hydrogen-bond donors (Lipinski definition) is 0. The first kappa shape index (κ1) is 15.0. The molecule has 0 atom stereocenters. The molecule has 0 unspecified atom stereocenters. The van der Waals surface area contributed by atoms with Gasteiger partial charge in [-0.25, -0.2) is 4.68 Å². The van der Waals surface area contributed by atoms with Gasteiger partial charge in [0.25, 0.3) is 5.56 Å². The van der Waals surface area contributed by atoms with Crippen molar-refractivity contribution in [3.8, 4) is 5.75 Å². The monoisotopic (exact) mass is 301 g/mol. The topological polar surface area (TPSA) is 47.4 Å². The van der Waals surface area contributed by atoms with Crippen molar-refractivity contribution in [2.75, 3.05) is 26.2 Å². The molecule has 1 aliphatic rings. The number of aromatic nitrogens is 2. The van der Waals surface area contributed by atoms with Gasteiger partial charge in [-0.2, -0.15) is 5.10 Å². The van der Waals surface area contributed by atoms with Crippen molar-refractivity contribution in [2.45, 2.75) is 25.7 Å². The SMILES string of the molecule is Cn1ncc2ccc(OCCCN3CCCCC3)cc2c1=O. The molecule has 0 spiro atoms. The predicted octanol–water partition coefficient (Wildman–Crippen LogP) is 2.19. The quantitative estimate of drug-likeness (QED) is 0.794. The number of piperidine rings is 1. The average Bonchev–Trinajstić information content (AvgIpc) is 2.56. The van der Waals surface area contributed by atoms with Crippen LogP contribution in [0, 0.1) is 0 Å². The van der Waals surface area contributed by atoms with Crippen LogP contribution in [-0.4, -0.2) is 40.9 Å². The molecule has 1 aliphatic heterocycles.